The van der Waals surface area contributed by atoms with Gasteiger partial charge >= 0.3 is 0 Å². The summed E-state index contributed by atoms with van der Waals surface area (Å²) in [6, 6.07) is 4.84. The number of amides is 1. The fraction of sp³-hybridized carbons (Fsp3) is 0.588. The summed E-state index contributed by atoms with van der Waals surface area (Å²) in [6.07, 6.45) is 1.21. The van der Waals surface area contributed by atoms with Gasteiger partial charge in [-0.05, 0) is 36.6 Å². The van der Waals surface area contributed by atoms with Crippen LogP contribution in [0.1, 0.15) is 37.8 Å². The van der Waals surface area contributed by atoms with Crippen molar-refractivity contribution in [1.29, 1.82) is 0 Å². The van der Waals surface area contributed by atoms with Crippen LogP contribution < -0.4 is 0 Å². The molecule has 21 heavy (non-hydrogen) atoms. The van der Waals surface area contributed by atoms with Crippen LogP contribution in [0.5, 0.6) is 0 Å². The number of halogens is 1. The maximum absolute atomic E-state index is 13.6. The second-order valence-corrected chi connectivity index (χ2v) is 6.04. The molecule has 0 spiro atoms. The lowest BCUT2D eigenvalue weighted by molar-refractivity contribution is -0.136. The highest BCUT2D eigenvalue weighted by Gasteiger charge is 2.32. The Morgan fingerprint density at radius 2 is 2.05 bits per heavy atom. The molecule has 1 atom stereocenters. The van der Waals surface area contributed by atoms with Crippen molar-refractivity contribution in [3.63, 3.8) is 0 Å². The number of aryl methyl sites for hydroxylation is 1. The molecule has 2 rings (SSSR count). The van der Waals surface area contributed by atoms with Crippen LogP contribution >= 0.6 is 0 Å². The maximum Gasteiger partial charge on any atom is 0.223 e. The lowest BCUT2D eigenvalue weighted by atomic mass is 9.75. The zero-order valence-corrected chi connectivity index (χ0v) is 13.1. The highest BCUT2D eigenvalue weighted by molar-refractivity contribution is 5.78. The molecule has 0 saturated carbocycles. The molecule has 4 heteroatoms. The van der Waals surface area contributed by atoms with Gasteiger partial charge < -0.3 is 9.64 Å². The van der Waals surface area contributed by atoms with E-state index in [1.165, 1.54) is 6.07 Å². The summed E-state index contributed by atoms with van der Waals surface area (Å²) in [5.41, 5.74) is 1.64. The van der Waals surface area contributed by atoms with E-state index in [9.17, 15) is 9.18 Å². The normalized spacial score (nSPS) is 18.4. The standard InChI is InChI=1S/C17H24FNO2/c1-4-17(3,15-11-14(18)6-5-13(15)2)12-16(20)19-7-9-21-10-8-19/h5-6,11H,4,7-10,12H2,1-3H3. The average Bonchev–Trinajstić information content (AvgIpc) is 2.50. The van der Waals surface area contributed by atoms with E-state index in [1.54, 1.807) is 12.1 Å². The molecule has 1 aliphatic rings. The first-order valence-electron chi connectivity index (χ1n) is 7.58. The van der Waals surface area contributed by atoms with Crippen LogP contribution in [0.2, 0.25) is 0 Å². The van der Waals surface area contributed by atoms with Gasteiger partial charge in [-0.3, -0.25) is 4.79 Å². The van der Waals surface area contributed by atoms with E-state index in [4.69, 9.17) is 4.74 Å². The Labute approximate surface area is 126 Å². The van der Waals surface area contributed by atoms with Crippen molar-refractivity contribution in [3.8, 4) is 0 Å². The molecule has 116 valence electrons. The van der Waals surface area contributed by atoms with Gasteiger partial charge in [0.25, 0.3) is 0 Å². The van der Waals surface area contributed by atoms with E-state index in [-0.39, 0.29) is 17.1 Å². The number of carbonyl (C=O) groups is 1. The molecule has 1 aromatic rings. The van der Waals surface area contributed by atoms with Gasteiger partial charge in [-0.1, -0.05) is 19.9 Å². The van der Waals surface area contributed by atoms with E-state index >= 15 is 0 Å². The Kier molecular flexibility index (Phi) is 4.99. The van der Waals surface area contributed by atoms with Crippen molar-refractivity contribution in [2.45, 2.75) is 39.0 Å². The topological polar surface area (TPSA) is 29.5 Å². The van der Waals surface area contributed by atoms with Crippen molar-refractivity contribution >= 4 is 5.91 Å². The zero-order valence-electron chi connectivity index (χ0n) is 13.1. The Morgan fingerprint density at radius 3 is 2.67 bits per heavy atom. The first-order valence-corrected chi connectivity index (χ1v) is 7.58. The highest BCUT2D eigenvalue weighted by Crippen LogP contribution is 2.34. The van der Waals surface area contributed by atoms with Crippen molar-refractivity contribution in [3.05, 3.63) is 35.1 Å². The average molecular weight is 293 g/mol. The maximum atomic E-state index is 13.6. The molecule has 0 N–H and O–H groups in total. The van der Waals surface area contributed by atoms with Crippen molar-refractivity contribution < 1.29 is 13.9 Å². The molecule has 1 fully saturated rings. The fourth-order valence-corrected chi connectivity index (χ4v) is 2.91. The highest BCUT2D eigenvalue weighted by atomic mass is 19.1. The van der Waals surface area contributed by atoms with Crippen LogP contribution in [0.4, 0.5) is 4.39 Å². The van der Waals surface area contributed by atoms with Crippen LogP contribution in [-0.2, 0) is 14.9 Å². The fourth-order valence-electron chi connectivity index (χ4n) is 2.91. The SMILES string of the molecule is CCC(C)(CC(=O)N1CCOCC1)c1cc(F)ccc1C. The molecule has 3 nitrogen and oxygen atoms in total. The molecule has 1 saturated heterocycles. The molecular weight excluding hydrogens is 269 g/mol. The number of carbonyl (C=O) groups excluding carboxylic acids is 1. The van der Waals surface area contributed by atoms with Crippen molar-refractivity contribution in [1.82, 2.24) is 4.90 Å². The third-order valence-electron chi connectivity index (χ3n) is 4.54. The molecule has 1 heterocycles. The van der Waals surface area contributed by atoms with E-state index in [1.807, 2.05) is 18.7 Å². The summed E-state index contributed by atoms with van der Waals surface area (Å²) in [7, 11) is 0. The Bertz CT molecular complexity index is 512. The summed E-state index contributed by atoms with van der Waals surface area (Å²) in [6.45, 7) is 8.59. The largest absolute Gasteiger partial charge is 0.378 e. The number of benzene rings is 1. The zero-order chi connectivity index (χ0) is 15.5. The lowest BCUT2D eigenvalue weighted by Gasteiger charge is -2.34. The predicted molar refractivity (Wildman–Crippen MR) is 80.8 cm³/mol. The van der Waals surface area contributed by atoms with Gasteiger partial charge in [0.15, 0.2) is 0 Å². The van der Waals surface area contributed by atoms with Gasteiger partial charge in [-0.25, -0.2) is 4.39 Å². The summed E-state index contributed by atoms with van der Waals surface area (Å²) in [4.78, 5) is 14.4. The van der Waals surface area contributed by atoms with E-state index in [0.29, 0.717) is 32.7 Å². The number of ether oxygens (including phenoxy) is 1. The molecule has 1 aliphatic heterocycles. The monoisotopic (exact) mass is 293 g/mol. The number of morpholine rings is 1. The third kappa shape index (κ3) is 3.62. The van der Waals surface area contributed by atoms with Crippen LogP contribution in [0.15, 0.2) is 18.2 Å². The minimum atomic E-state index is -0.332. The predicted octanol–water partition coefficient (Wildman–Crippen LogP) is 3.05. The first-order chi connectivity index (χ1) is 9.96. The summed E-state index contributed by atoms with van der Waals surface area (Å²) >= 11 is 0. The Hall–Kier alpha value is -1.42. The van der Waals surface area contributed by atoms with Crippen LogP contribution in [0, 0.1) is 12.7 Å². The van der Waals surface area contributed by atoms with Gasteiger partial charge in [0.2, 0.25) is 5.91 Å². The van der Waals surface area contributed by atoms with Gasteiger partial charge in [-0.2, -0.15) is 0 Å². The van der Waals surface area contributed by atoms with Crippen LogP contribution in [0.25, 0.3) is 0 Å². The van der Waals surface area contributed by atoms with Crippen molar-refractivity contribution in [2.75, 3.05) is 26.3 Å². The summed E-state index contributed by atoms with van der Waals surface area (Å²) < 4.78 is 18.9. The minimum absolute atomic E-state index is 0.131. The van der Waals surface area contributed by atoms with Gasteiger partial charge in [0.1, 0.15) is 5.82 Å². The van der Waals surface area contributed by atoms with Crippen LogP contribution in [-0.4, -0.2) is 37.1 Å². The Morgan fingerprint density at radius 1 is 1.38 bits per heavy atom. The summed E-state index contributed by atoms with van der Waals surface area (Å²) in [5, 5.41) is 0. The second kappa shape index (κ2) is 6.56. The number of rotatable bonds is 4. The third-order valence-corrected chi connectivity index (χ3v) is 4.54. The number of nitrogens with zero attached hydrogens (tertiary/aromatic N) is 1. The van der Waals surface area contributed by atoms with E-state index < -0.39 is 0 Å². The first kappa shape index (κ1) is 16.0. The molecule has 0 bridgehead atoms. The quantitative estimate of drug-likeness (QED) is 0.854. The molecule has 0 aromatic heterocycles. The number of hydrogen-bond donors (Lipinski definition) is 0. The smallest absolute Gasteiger partial charge is 0.223 e. The molecule has 1 aromatic carbocycles. The van der Waals surface area contributed by atoms with E-state index in [2.05, 4.69) is 6.92 Å². The van der Waals surface area contributed by atoms with Crippen LogP contribution in [0.3, 0.4) is 0 Å². The van der Waals surface area contributed by atoms with Gasteiger partial charge in [-0.15, -0.1) is 0 Å². The molecular formula is C17H24FNO2. The molecule has 1 unspecified atom stereocenters. The van der Waals surface area contributed by atoms with Gasteiger partial charge in [0.05, 0.1) is 13.2 Å². The van der Waals surface area contributed by atoms with Gasteiger partial charge in [0, 0.05) is 24.9 Å². The Balaban J connectivity index is 2.20. The second-order valence-electron chi connectivity index (χ2n) is 6.04. The molecule has 0 aliphatic carbocycles. The molecule has 0 radical (unpaired) electrons. The van der Waals surface area contributed by atoms with E-state index in [0.717, 1.165) is 17.5 Å². The number of hydrogen-bond acceptors (Lipinski definition) is 2. The summed E-state index contributed by atoms with van der Waals surface area (Å²) in [5.74, 6) is -0.111. The van der Waals surface area contributed by atoms with Crippen molar-refractivity contribution in [2.24, 2.45) is 0 Å². The minimum Gasteiger partial charge on any atom is -0.378 e. The molecule has 1 amide bonds. The lowest BCUT2D eigenvalue weighted by Crippen LogP contribution is -2.43.